The molecule has 10 nitrogen and oxygen atoms in total. The monoisotopic (exact) mass is 572 g/mol. The number of aliphatic hydroxyl groups excluding tert-OH is 2. The Morgan fingerprint density at radius 1 is 0.816 bits per heavy atom. The molecule has 0 saturated heterocycles. The Hall–Kier alpha value is -3.29. The zero-order valence-corrected chi connectivity index (χ0v) is 22.7. The first-order chi connectivity index (χ1) is 18.3. The standard InChI is InChI=1S/C25H25ClN6O4S2/c1-14-6-4-7-15(12-14)20(33)22(35)27-24-31-29-18(37-24)10-2-3-11-19-30-32-25(38-19)28-23(36)21(34)16-8-5-9-17(26)13-16/h4-9,12-13,20-21,33-34H,2-3,10-11H2,1H3,(H,27,31,35)(H,28,32,36). The van der Waals surface area contributed by atoms with Crippen molar-refractivity contribution in [1.82, 2.24) is 20.4 Å². The summed E-state index contributed by atoms with van der Waals surface area (Å²) in [6.07, 6.45) is 0.291. The van der Waals surface area contributed by atoms with E-state index < -0.39 is 24.0 Å². The van der Waals surface area contributed by atoms with Gasteiger partial charge in [-0.25, -0.2) is 0 Å². The molecule has 38 heavy (non-hydrogen) atoms. The molecule has 0 bridgehead atoms. The van der Waals surface area contributed by atoms with Crippen molar-refractivity contribution < 1.29 is 19.8 Å². The summed E-state index contributed by atoms with van der Waals surface area (Å²) < 4.78 is 0. The predicted molar refractivity (Wildman–Crippen MR) is 146 cm³/mol. The SMILES string of the molecule is Cc1cccc(C(O)C(=O)Nc2nnc(CCCCc3nnc(NC(=O)C(O)c4cccc(Cl)c4)s3)s2)c1. The van der Waals surface area contributed by atoms with Gasteiger partial charge >= 0.3 is 0 Å². The molecule has 0 aliphatic rings. The molecular weight excluding hydrogens is 548 g/mol. The lowest BCUT2D eigenvalue weighted by Gasteiger charge is -2.10. The quantitative estimate of drug-likeness (QED) is 0.195. The van der Waals surface area contributed by atoms with Crippen LogP contribution in [0.4, 0.5) is 10.3 Å². The largest absolute Gasteiger partial charge is 0.378 e. The second-order valence-electron chi connectivity index (χ2n) is 8.46. The molecule has 2 atom stereocenters. The van der Waals surface area contributed by atoms with Gasteiger partial charge in [0, 0.05) is 17.9 Å². The van der Waals surface area contributed by atoms with E-state index in [1.807, 2.05) is 13.0 Å². The second kappa shape index (κ2) is 13.0. The predicted octanol–water partition coefficient (Wildman–Crippen LogP) is 4.26. The Bertz CT molecular complexity index is 1310. The van der Waals surface area contributed by atoms with Crippen LogP contribution in [0.2, 0.25) is 5.02 Å². The number of unbranched alkanes of at least 4 members (excludes halogenated alkanes) is 1. The summed E-state index contributed by atoms with van der Waals surface area (Å²) in [6, 6.07) is 13.6. The fourth-order valence-electron chi connectivity index (χ4n) is 3.53. The molecule has 2 aromatic heterocycles. The van der Waals surface area contributed by atoms with Crippen LogP contribution in [0.15, 0.2) is 48.5 Å². The summed E-state index contributed by atoms with van der Waals surface area (Å²) in [5, 5.41) is 44.5. The Labute approximate surface area is 231 Å². The van der Waals surface area contributed by atoms with Crippen molar-refractivity contribution in [3.05, 3.63) is 80.3 Å². The van der Waals surface area contributed by atoms with Crippen LogP contribution in [0, 0.1) is 6.92 Å². The minimum Gasteiger partial charge on any atom is -0.378 e. The average molecular weight is 573 g/mol. The molecule has 198 valence electrons. The molecule has 0 spiro atoms. The number of hydrogen-bond donors (Lipinski definition) is 4. The zero-order chi connectivity index (χ0) is 27.1. The van der Waals surface area contributed by atoms with Crippen molar-refractivity contribution in [3.8, 4) is 0 Å². The lowest BCUT2D eigenvalue weighted by Crippen LogP contribution is -2.20. The lowest BCUT2D eigenvalue weighted by atomic mass is 10.1. The molecule has 2 unspecified atom stereocenters. The number of aliphatic hydroxyl groups is 2. The average Bonchev–Trinajstić information content (AvgIpc) is 3.54. The number of carbonyl (C=O) groups is 2. The molecule has 13 heteroatoms. The van der Waals surface area contributed by atoms with Gasteiger partial charge in [-0.05, 0) is 43.0 Å². The van der Waals surface area contributed by atoms with Crippen molar-refractivity contribution in [1.29, 1.82) is 0 Å². The van der Waals surface area contributed by atoms with Gasteiger partial charge in [-0.15, -0.1) is 20.4 Å². The summed E-state index contributed by atoms with van der Waals surface area (Å²) in [4.78, 5) is 24.7. The molecule has 4 aromatic rings. The normalized spacial score (nSPS) is 12.6. The lowest BCUT2D eigenvalue weighted by molar-refractivity contribution is -0.124. The van der Waals surface area contributed by atoms with Crippen LogP contribution in [0.25, 0.3) is 0 Å². The van der Waals surface area contributed by atoms with Crippen molar-refractivity contribution in [2.45, 2.75) is 44.8 Å². The van der Waals surface area contributed by atoms with Crippen molar-refractivity contribution in [3.63, 3.8) is 0 Å². The van der Waals surface area contributed by atoms with Gasteiger partial charge in [0.2, 0.25) is 10.3 Å². The minimum atomic E-state index is -1.37. The van der Waals surface area contributed by atoms with Gasteiger partial charge in [-0.2, -0.15) is 0 Å². The van der Waals surface area contributed by atoms with Gasteiger partial charge in [-0.3, -0.25) is 20.2 Å². The maximum atomic E-state index is 12.4. The zero-order valence-electron chi connectivity index (χ0n) is 20.3. The van der Waals surface area contributed by atoms with Crippen LogP contribution in [-0.4, -0.2) is 42.4 Å². The number of carbonyl (C=O) groups excluding carboxylic acids is 2. The molecular formula is C25H25ClN6O4S2. The Morgan fingerprint density at radius 2 is 1.32 bits per heavy atom. The van der Waals surface area contributed by atoms with Crippen LogP contribution in [0.5, 0.6) is 0 Å². The third-order valence-corrected chi connectivity index (χ3v) is 7.48. The van der Waals surface area contributed by atoms with Crippen LogP contribution >= 0.6 is 34.3 Å². The number of aromatic nitrogens is 4. The first kappa shape index (κ1) is 27.7. The van der Waals surface area contributed by atoms with E-state index in [1.54, 1.807) is 36.4 Å². The maximum Gasteiger partial charge on any atom is 0.259 e. The van der Waals surface area contributed by atoms with Crippen LogP contribution in [0.3, 0.4) is 0 Å². The molecule has 0 saturated carbocycles. The summed E-state index contributed by atoms with van der Waals surface area (Å²) in [5.41, 5.74) is 1.86. The molecule has 2 heterocycles. The van der Waals surface area contributed by atoms with Gasteiger partial charge in [0.25, 0.3) is 11.8 Å². The molecule has 0 aliphatic carbocycles. The van der Waals surface area contributed by atoms with Gasteiger partial charge in [0.15, 0.2) is 12.2 Å². The van der Waals surface area contributed by atoms with E-state index in [4.69, 9.17) is 11.6 Å². The smallest absolute Gasteiger partial charge is 0.259 e. The fourth-order valence-corrected chi connectivity index (χ4v) is 5.30. The highest BCUT2D eigenvalue weighted by atomic mass is 35.5. The van der Waals surface area contributed by atoms with E-state index >= 15 is 0 Å². The number of nitrogens with zero attached hydrogens (tertiary/aromatic N) is 4. The highest BCUT2D eigenvalue weighted by molar-refractivity contribution is 7.15. The van der Waals surface area contributed by atoms with E-state index in [1.165, 1.54) is 28.7 Å². The summed E-state index contributed by atoms with van der Waals surface area (Å²) in [7, 11) is 0. The van der Waals surface area contributed by atoms with Crippen molar-refractivity contribution in [2.75, 3.05) is 10.6 Å². The van der Waals surface area contributed by atoms with Crippen LogP contribution in [-0.2, 0) is 22.4 Å². The van der Waals surface area contributed by atoms with Gasteiger partial charge < -0.3 is 10.2 Å². The first-order valence-electron chi connectivity index (χ1n) is 11.7. The molecule has 2 aromatic carbocycles. The number of anilines is 2. The number of halogens is 1. The molecule has 4 rings (SSSR count). The Kier molecular flexibility index (Phi) is 9.48. The maximum absolute atomic E-state index is 12.4. The summed E-state index contributed by atoms with van der Waals surface area (Å²) in [5.74, 6) is -1.17. The van der Waals surface area contributed by atoms with Crippen molar-refractivity contribution >= 4 is 56.4 Å². The van der Waals surface area contributed by atoms with Crippen LogP contribution < -0.4 is 10.6 Å². The van der Waals surface area contributed by atoms with Crippen molar-refractivity contribution in [2.24, 2.45) is 0 Å². The minimum absolute atomic E-state index is 0.309. The van der Waals surface area contributed by atoms with Gasteiger partial charge in [0.05, 0.1) is 0 Å². The number of hydrogen-bond acceptors (Lipinski definition) is 10. The van der Waals surface area contributed by atoms with E-state index in [-0.39, 0.29) is 0 Å². The molecule has 2 amide bonds. The number of nitrogens with one attached hydrogen (secondary N) is 2. The van der Waals surface area contributed by atoms with E-state index in [2.05, 4.69) is 31.0 Å². The summed E-state index contributed by atoms with van der Waals surface area (Å²) >= 11 is 8.43. The topological polar surface area (TPSA) is 150 Å². The first-order valence-corrected chi connectivity index (χ1v) is 13.7. The fraction of sp³-hybridized carbons (Fsp3) is 0.280. The molecule has 4 N–H and O–H groups in total. The molecule has 0 aliphatic heterocycles. The van der Waals surface area contributed by atoms with E-state index in [0.29, 0.717) is 39.3 Å². The number of aryl methyl sites for hydroxylation is 3. The molecule has 0 fully saturated rings. The second-order valence-corrected chi connectivity index (χ2v) is 11.0. The van der Waals surface area contributed by atoms with E-state index in [9.17, 15) is 19.8 Å². The molecule has 0 radical (unpaired) electrons. The highest BCUT2D eigenvalue weighted by Crippen LogP contribution is 2.24. The number of amides is 2. The third kappa shape index (κ3) is 7.62. The Balaban J connectivity index is 1.19. The Morgan fingerprint density at radius 3 is 1.82 bits per heavy atom. The highest BCUT2D eigenvalue weighted by Gasteiger charge is 2.20. The number of benzene rings is 2. The van der Waals surface area contributed by atoms with Gasteiger partial charge in [-0.1, -0.05) is 76.2 Å². The van der Waals surface area contributed by atoms with Gasteiger partial charge in [0.1, 0.15) is 10.0 Å². The van der Waals surface area contributed by atoms with E-state index in [0.717, 1.165) is 28.4 Å². The van der Waals surface area contributed by atoms with Crippen LogP contribution in [0.1, 0.15) is 51.8 Å². The third-order valence-electron chi connectivity index (χ3n) is 5.44. The number of rotatable bonds is 11. The summed E-state index contributed by atoms with van der Waals surface area (Å²) in [6.45, 7) is 1.89.